The number of nitro groups is 1. The lowest BCUT2D eigenvalue weighted by molar-refractivity contribution is -0.384. The number of aromatic carboxylic acids is 1. The Labute approximate surface area is 153 Å². The normalized spacial score (nSPS) is 10.4. The standard InChI is InChI=1S/C19H14N2O6/c1-11-5-6-13(19(23)24)10-15(11)20-18(22)17-8-7-16(27-17)12-3-2-4-14(9-12)21(25)26/h2-10H,1H3,(H,20,22)(H,23,24). The molecule has 0 aliphatic carbocycles. The first-order valence-electron chi connectivity index (χ1n) is 7.85. The summed E-state index contributed by atoms with van der Waals surface area (Å²) < 4.78 is 5.51. The van der Waals surface area contributed by atoms with Crippen LogP contribution >= 0.6 is 0 Å². The van der Waals surface area contributed by atoms with E-state index in [0.717, 1.165) is 0 Å². The minimum absolute atomic E-state index is 0.00312. The van der Waals surface area contributed by atoms with E-state index in [1.165, 1.54) is 42.5 Å². The van der Waals surface area contributed by atoms with Gasteiger partial charge in [-0.15, -0.1) is 0 Å². The zero-order valence-corrected chi connectivity index (χ0v) is 14.1. The summed E-state index contributed by atoms with van der Waals surface area (Å²) in [6.45, 7) is 1.73. The third-order valence-corrected chi connectivity index (χ3v) is 3.90. The molecule has 0 aliphatic rings. The lowest BCUT2D eigenvalue weighted by Crippen LogP contribution is -2.12. The highest BCUT2D eigenvalue weighted by Crippen LogP contribution is 2.26. The van der Waals surface area contributed by atoms with Crippen molar-refractivity contribution in [2.45, 2.75) is 6.92 Å². The van der Waals surface area contributed by atoms with Gasteiger partial charge in [0, 0.05) is 23.4 Å². The second-order valence-corrected chi connectivity index (χ2v) is 5.76. The molecule has 8 nitrogen and oxygen atoms in total. The van der Waals surface area contributed by atoms with Crippen LogP contribution in [0.1, 0.15) is 26.5 Å². The van der Waals surface area contributed by atoms with Crippen LogP contribution in [0.3, 0.4) is 0 Å². The van der Waals surface area contributed by atoms with Gasteiger partial charge in [-0.1, -0.05) is 18.2 Å². The molecule has 1 heterocycles. The molecular weight excluding hydrogens is 352 g/mol. The maximum absolute atomic E-state index is 12.4. The number of hydrogen-bond acceptors (Lipinski definition) is 5. The molecule has 0 saturated heterocycles. The number of anilines is 1. The molecule has 0 radical (unpaired) electrons. The van der Waals surface area contributed by atoms with Gasteiger partial charge < -0.3 is 14.8 Å². The van der Waals surface area contributed by atoms with Crippen LogP contribution in [0, 0.1) is 17.0 Å². The molecule has 2 N–H and O–H groups in total. The van der Waals surface area contributed by atoms with Gasteiger partial charge >= 0.3 is 5.97 Å². The van der Waals surface area contributed by atoms with E-state index in [4.69, 9.17) is 9.52 Å². The Morgan fingerprint density at radius 3 is 2.59 bits per heavy atom. The highest BCUT2D eigenvalue weighted by molar-refractivity contribution is 6.03. The molecule has 0 unspecified atom stereocenters. The monoisotopic (exact) mass is 366 g/mol. The van der Waals surface area contributed by atoms with Crippen LogP contribution in [-0.2, 0) is 0 Å². The number of benzene rings is 2. The number of furan rings is 1. The zero-order valence-electron chi connectivity index (χ0n) is 14.1. The highest BCUT2D eigenvalue weighted by atomic mass is 16.6. The topological polar surface area (TPSA) is 123 Å². The van der Waals surface area contributed by atoms with Crippen molar-refractivity contribution < 1.29 is 24.0 Å². The van der Waals surface area contributed by atoms with E-state index in [-0.39, 0.29) is 17.0 Å². The van der Waals surface area contributed by atoms with E-state index in [1.807, 2.05) is 0 Å². The fourth-order valence-electron chi connectivity index (χ4n) is 2.46. The number of amides is 1. The van der Waals surface area contributed by atoms with Gasteiger partial charge in [0.05, 0.1) is 10.5 Å². The first kappa shape index (κ1) is 17.9. The van der Waals surface area contributed by atoms with E-state index >= 15 is 0 Å². The fraction of sp³-hybridized carbons (Fsp3) is 0.0526. The third-order valence-electron chi connectivity index (χ3n) is 3.90. The molecular formula is C19H14N2O6. The predicted octanol–water partition coefficient (Wildman–Crippen LogP) is 4.11. The van der Waals surface area contributed by atoms with E-state index in [9.17, 15) is 19.7 Å². The van der Waals surface area contributed by atoms with E-state index in [1.54, 1.807) is 19.1 Å². The summed E-state index contributed by atoms with van der Waals surface area (Å²) in [7, 11) is 0. The van der Waals surface area contributed by atoms with Crippen LogP contribution in [0.2, 0.25) is 0 Å². The molecule has 0 aliphatic heterocycles. The minimum atomic E-state index is -1.10. The molecule has 136 valence electrons. The van der Waals surface area contributed by atoms with Gasteiger partial charge in [-0.3, -0.25) is 14.9 Å². The Kier molecular flexibility index (Phi) is 4.71. The van der Waals surface area contributed by atoms with Gasteiger partial charge in [0.15, 0.2) is 5.76 Å². The first-order valence-corrected chi connectivity index (χ1v) is 7.85. The molecule has 1 amide bonds. The number of nitrogens with one attached hydrogen (secondary N) is 1. The first-order chi connectivity index (χ1) is 12.8. The van der Waals surface area contributed by atoms with Crippen molar-refractivity contribution in [3.05, 3.63) is 81.6 Å². The lowest BCUT2D eigenvalue weighted by Gasteiger charge is -2.08. The summed E-state index contributed by atoms with van der Waals surface area (Å²) in [6.07, 6.45) is 0. The quantitative estimate of drug-likeness (QED) is 0.517. The lowest BCUT2D eigenvalue weighted by atomic mass is 10.1. The number of carbonyl (C=O) groups excluding carboxylic acids is 1. The molecule has 3 rings (SSSR count). The van der Waals surface area contributed by atoms with Crippen molar-refractivity contribution in [2.24, 2.45) is 0 Å². The number of nitrogens with zero attached hydrogens (tertiary/aromatic N) is 1. The Balaban J connectivity index is 1.84. The maximum Gasteiger partial charge on any atom is 0.335 e. The second kappa shape index (κ2) is 7.12. The number of aryl methyl sites for hydroxylation is 1. The molecule has 0 atom stereocenters. The smallest absolute Gasteiger partial charge is 0.335 e. The summed E-state index contributed by atoms with van der Waals surface area (Å²) in [4.78, 5) is 33.8. The van der Waals surface area contributed by atoms with Gasteiger partial charge in [0.2, 0.25) is 0 Å². The Hall–Kier alpha value is -3.94. The van der Waals surface area contributed by atoms with Crippen LogP contribution in [0.5, 0.6) is 0 Å². The molecule has 0 fully saturated rings. The van der Waals surface area contributed by atoms with E-state index in [0.29, 0.717) is 22.6 Å². The van der Waals surface area contributed by atoms with Crippen molar-refractivity contribution in [1.82, 2.24) is 0 Å². The Bertz CT molecular complexity index is 1050. The van der Waals surface area contributed by atoms with E-state index < -0.39 is 16.8 Å². The second-order valence-electron chi connectivity index (χ2n) is 5.76. The molecule has 2 aromatic carbocycles. The summed E-state index contributed by atoms with van der Waals surface area (Å²) in [5.41, 5.74) is 1.47. The summed E-state index contributed by atoms with van der Waals surface area (Å²) in [5.74, 6) is -1.36. The van der Waals surface area contributed by atoms with Gasteiger partial charge in [-0.2, -0.15) is 0 Å². The van der Waals surface area contributed by atoms with Crippen LogP contribution < -0.4 is 5.32 Å². The van der Waals surface area contributed by atoms with Crippen molar-refractivity contribution >= 4 is 23.3 Å². The molecule has 27 heavy (non-hydrogen) atoms. The van der Waals surface area contributed by atoms with Crippen molar-refractivity contribution in [2.75, 3.05) is 5.32 Å². The summed E-state index contributed by atoms with van der Waals surface area (Å²) >= 11 is 0. The number of carboxylic acid groups (broad SMARTS) is 1. The predicted molar refractivity (Wildman–Crippen MR) is 96.9 cm³/mol. The Morgan fingerprint density at radius 1 is 1.11 bits per heavy atom. The number of non-ortho nitro benzene ring substituents is 1. The molecule has 3 aromatic rings. The number of carboxylic acids is 1. The number of hydrogen-bond donors (Lipinski definition) is 2. The van der Waals surface area contributed by atoms with Crippen LogP contribution in [0.25, 0.3) is 11.3 Å². The van der Waals surface area contributed by atoms with Crippen molar-refractivity contribution in [3.8, 4) is 11.3 Å². The highest BCUT2D eigenvalue weighted by Gasteiger charge is 2.16. The third kappa shape index (κ3) is 3.84. The largest absolute Gasteiger partial charge is 0.478 e. The van der Waals surface area contributed by atoms with Crippen molar-refractivity contribution in [3.63, 3.8) is 0 Å². The number of nitro benzene ring substituents is 1. The average Bonchev–Trinajstić information content (AvgIpc) is 3.13. The SMILES string of the molecule is Cc1ccc(C(=O)O)cc1NC(=O)c1ccc(-c2cccc([N+](=O)[O-])c2)o1. The minimum Gasteiger partial charge on any atom is -0.478 e. The van der Waals surface area contributed by atoms with E-state index in [2.05, 4.69) is 5.32 Å². The van der Waals surface area contributed by atoms with Crippen molar-refractivity contribution in [1.29, 1.82) is 0 Å². The van der Waals surface area contributed by atoms with Gasteiger partial charge in [0.1, 0.15) is 5.76 Å². The average molecular weight is 366 g/mol. The molecule has 0 bridgehead atoms. The Morgan fingerprint density at radius 2 is 1.89 bits per heavy atom. The fourth-order valence-corrected chi connectivity index (χ4v) is 2.46. The number of carbonyl (C=O) groups is 2. The van der Waals surface area contributed by atoms with Crippen LogP contribution in [0.15, 0.2) is 59.0 Å². The summed E-state index contributed by atoms with van der Waals surface area (Å²) in [5, 5.41) is 22.6. The zero-order chi connectivity index (χ0) is 19.6. The van der Waals surface area contributed by atoms with Gasteiger partial charge in [-0.25, -0.2) is 4.79 Å². The molecule has 1 aromatic heterocycles. The number of rotatable bonds is 5. The van der Waals surface area contributed by atoms with Gasteiger partial charge in [0.25, 0.3) is 11.6 Å². The molecule has 0 spiro atoms. The molecule has 0 saturated carbocycles. The molecule has 8 heteroatoms. The van der Waals surface area contributed by atoms with Crippen LogP contribution in [0.4, 0.5) is 11.4 Å². The van der Waals surface area contributed by atoms with Crippen LogP contribution in [-0.4, -0.2) is 21.9 Å². The summed E-state index contributed by atoms with van der Waals surface area (Å²) in [6, 6.07) is 13.2. The van der Waals surface area contributed by atoms with Gasteiger partial charge in [-0.05, 0) is 36.8 Å². The maximum atomic E-state index is 12.4.